The highest BCUT2D eigenvalue weighted by molar-refractivity contribution is 6.11. The van der Waals surface area contributed by atoms with Crippen molar-refractivity contribution in [3.8, 4) is 39.9 Å². The van der Waals surface area contributed by atoms with Crippen molar-refractivity contribution in [3.63, 3.8) is 0 Å². The minimum absolute atomic E-state index is 0.545. The Morgan fingerprint density at radius 1 is 0.373 bits per heavy atom. The van der Waals surface area contributed by atoms with Crippen LogP contribution in [-0.4, -0.2) is 19.5 Å². The molecule has 0 spiro atoms. The number of hydrogen-bond donors (Lipinski definition) is 0. The van der Waals surface area contributed by atoms with E-state index in [1.165, 1.54) is 0 Å². The summed E-state index contributed by atoms with van der Waals surface area (Å²) in [4.78, 5) is 15.5. The molecular formula is C45H26N4O2. The van der Waals surface area contributed by atoms with Crippen LogP contribution in [0.15, 0.2) is 167 Å². The van der Waals surface area contributed by atoms with Gasteiger partial charge in [0.15, 0.2) is 17.5 Å². The summed E-state index contributed by atoms with van der Waals surface area (Å²) >= 11 is 0. The Balaban J connectivity index is 1.16. The van der Waals surface area contributed by atoms with Gasteiger partial charge in [-0.3, -0.25) is 0 Å². The molecule has 0 unspecified atom stereocenters. The second-order valence-corrected chi connectivity index (χ2v) is 12.8. The van der Waals surface area contributed by atoms with E-state index in [1.54, 1.807) is 0 Å². The first kappa shape index (κ1) is 27.9. The van der Waals surface area contributed by atoms with Crippen molar-refractivity contribution in [3.05, 3.63) is 158 Å². The number of nitrogens with zero attached hydrogens (tertiary/aromatic N) is 4. The second kappa shape index (κ2) is 10.7. The van der Waals surface area contributed by atoms with E-state index in [1.807, 2.05) is 66.7 Å². The first-order chi connectivity index (χ1) is 25.3. The van der Waals surface area contributed by atoms with Crippen LogP contribution in [0.25, 0.3) is 106 Å². The van der Waals surface area contributed by atoms with Crippen LogP contribution in [0.2, 0.25) is 0 Å². The molecular weight excluding hydrogens is 629 g/mol. The molecule has 0 N–H and O–H groups in total. The van der Waals surface area contributed by atoms with Crippen molar-refractivity contribution >= 4 is 65.7 Å². The largest absolute Gasteiger partial charge is 0.456 e. The van der Waals surface area contributed by atoms with Crippen LogP contribution in [-0.2, 0) is 0 Å². The van der Waals surface area contributed by atoms with Gasteiger partial charge in [-0.1, -0.05) is 84.9 Å². The number of furan rings is 2. The number of para-hydroxylation sites is 5. The van der Waals surface area contributed by atoms with Gasteiger partial charge in [0.1, 0.15) is 22.3 Å². The monoisotopic (exact) mass is 654 g/mol. The van der Waals surface area contributed by atoms with E-state index in [2.05, 4.69) is 95.6 Å². The van der Waals surface area contributed by atoms with Crippen LogP contribution >= 0.6 is 0 Å². The van der Waals surface area contributed by atoms with Crippen molar-refractivity contribution in [2.75, 3.05) is 0 Å². The van der Waals surface area contributed by atoms with E-state index in [0.717, 1.165) is 88.1 Å². The summed E-state index contributed by atoms with van der Waals surface area (Å²) < 4.78 is 14.9. The minimum atomic E-state index is 0.545. The lowest BCUT2D eigenvalue weighted by Crippen LogP contribution is -2.00. The van der Waals surface area contributed by atoms with Crippen LogP contribution in [0, 0.1) is 0 Å². The minimum Gasteiger partial charge on any atom is -0.456 e. The maximum Gasteiger partial charge on any atom is 0.167 e. The van der Waals surface area contributed by atoms with Crippen LogP contribution in [0.1, 0.15) is 0 Å². The molecule has 51 heavy (non-hydrogen) atoms. The highest BCUT2D eigenvalue weighted by Gasteiger charge is 2.20. The lowest BCUT2D eigenvalue weighted by atomic mass is 10.1. The molecule has 11 aromatic rings. The number of fused-ring (bicyclic) bond motifs is 9. The third-order valence-corrected chi connectivity index (χ3v) is 9.86. The Labute approximate surface area is 290 Å². The Kier molecular flexibility index (Phi) is 5.86. The van der Waals surface area contributed by atoms with Gasteiger partial charge < -0.3 is 13.4 Å². The van der Waals surface area contributed by atoms with Gasteiger partial charge in [-0.15, -0.1) is 0 Å². The topological polar surface area (TPSA) is 69.9 Å². The second-order valence-electron chi connectivity index (χ2n) is 12.8. The number of rotatable bonds is 4. The summed E-state index contributed by atoms with van der Waals surface area (Å²) in [6, 6.07) is 54.0. The molecule has 0 aliphatic rings. The van der Waals surface area contributed by atoms with Crippen LogP contribution < -0.4 is 0 Å². The number of benzene rings is 7. The zero-order valence-corrected chi connectivity index (χ0v) is 27.1. The molecule has 11 rings (SSSR count). The average Bonchev–Trinajstić information content (AvgIpc) is 3.87. The van der Waals surface area contributed by atoms with E-state index in [9.17, 15) is 0 Å². The van der Waals surface area contributed by atoms with E-state index in [4.69, 9.17) is 23.8 Å². The first-order valence-electron chi connectivity index (χ1n) is 16.9. The first-order valence-corrected chi connectivity index (χ1v) is 16.9. The maximum absolute atomic E-state index is 6.46. The Morgan fingerprint density at radius 2 is 0.941 bits per heavy atom. The van der Waals surface area contributed by atoms with Crippen molar-refractivity contribution in [2.24, 2.45) is 0 Å². The maximum atomic E-state index is 6.46. The Hall–Kier alpha value is -7.05. The van der Waals surface area contributed by atoms with E-state index >= 15 is 0 Å². The normalized spacial score (nSPS) is 11.9. The lowest BCUT2D eigenvalue weighted by Gasteiger charge is -2.10. The molecule has 0 fully saturated rings. The highest BCUT2D eigenvalue weighted by atomic mass is 16.3. The summed E-state index contributed by atoms with van der Waals surface area (Å²) in [5.74, 6) is 1.70. The SMILES string of the molecule is c1ccc(-n2c3ccccc3c3cc(-c4nc(-c5ccc6oc7ccccc7c6c5)nc(-c5cccc6c5oc5ccccc56)n4)ccc32)cc1. The molecule has 6 nitrogen and oxygen atoms in total. The molecule has 7 aromatic carbocycles. The summed E-state index contributed by atoms with van der Waals surface area (Å²) in [5, 5.41) is 6.44. The quantitative estimate of drug-likeness (QED) is 0.189. The summed E-state index contributed by atoms with van der Waals surface area (Å²) in [7, 11) is 0. The Morgan fingerprint density at radius 3 is 1.75 bits per heavy atom. The van der Waals surface area contributed by atoms with Crippen molar-refractivity contribution in [2.45, 2.75) is 0 Å². The predicted molar refractivity (Wildman–Crippen MR) is 205 cm³/mol. The van der Waals surface area contributed by atoms with Crippen molar-refractivity contribution < 1.29 is 8.83 Å². The molecule has 0 saturated heterocycles. The van der Waals surface area contributed by atoms with Gasteiger partial charge in [-0.05, 0) is 72.8 Å². The van der Waals surface area contributed by atoms with Gasteiger partial charge in [0.25, 0.3) is 0 Å². The predicted octanol–water partition coefficient (Wildman–Crippen LogP) is 11.8. The highest BCUT2D eigenvalue weighted by Crippen LogP contribution is 2.38. The summed E-state index contributed by atoms with van der Waals surface area (Å²) in [6.07, 6.45) is 0. The number of aromatic nitrogens is 4. The van der Waals surface area contributed by atoms with Gasteiger partial charge in [0.2, 0.25) is 0 Å². The van der Waals surface area contributed by atoms with Gasteiger partial charge in [0.05, 0.1) is 16.6 Å². The smallest absolute Gasteiger partial charge is 0.167 e. The zero-order valence-electron chi connectivity index (χ0n) is 27.1. The summed E-state index contributed by atoms with van der Waals surface area (Å²) in [6.45, 7) is 0. The third kappa shape index (κ3) is 4.26. The molecule has 0 radical (unpaired) electrons. The molecule has 0 amide bonds. The third-order valence-electron chi connectivity index (χ3n) is 9.86. The standard InChI is InChI=1S/C45H26N4O2/c1-2-11-29(12-3-1)49-37-18-7-4-13-30(37)35-25-27(21-23-38(35)49)43-46-44(28-22-24-41-36(26-28)32-15-6-8-19-39(32)50-41)48-45(47-43)34-17-10-16-33-31-14-5-9-20-40(31)51-42(33)34/h1-26H. The fraction of sp³-hybridized carbons (Fsp3) is 0. The Bertz CT molecular complexity index is 3150. The zero-order chi connectivity index (χ0) is 33.5. The van der Waals surface area contributed by atoms with Gasteiger partial charge in [0, 0.05) is 49.1 Å². The fourth-order valence-corrected chi connectivity index (χ4v) is 7.51. The molecule has 4 heterocycles. The van der Waals surface area contributed by atoms with E-state index < -0.39 is 0 Å². The van der Waals surface area contributed by atoms with Crippen LogP contribution in [0.5, 0.6) is 0 Å². The van der Waals surface area contributed by atoms with E-state index in [0.29, 0.717) is 17.5 Å². The average molecular weight is 655 g/mol. The van der Waals surface area contributed by atoms with Gasteiger partial charge >= 0.3 is 0 Å². The van der Waals surface area contributed by atoms with Gasteiger partial charge in [-0.2, -0.15) is 0 Å². The molecule has 6 heteroatoms. The molecule has 0 aliphatic heterocycles. The van der Waals surface area contributed by atoms with Gasteiger partial charge in [-0.25, -0.2) is 15.0 Å². The van der Waals surface area contributed by atoms with Crippen molar-refractivity contribution in [1.82, 2.24) is 19.5 Å². The molecule has 4 aromatic heterocycles. The van der Waals surface area contributed by atoms with Crippen LogP contribution in [0.3, 0.4) is 0 Å². The van der Waals surface area contributed by atoms with Crippen LogP contribution in [0.4, 0.5) is 0 Å². The molecule has 0 aliphatic carbocycles. The molecule has 0 bridgehead atoms. The molecule has 238 valence electrons. The number of hydrogen-bond acceptors (Lipinski definition) is 5. The summed E-state index contributed by atoms with van der Waals surface area (Å²) in [5.41, 5.74) is 9.20. The van der Waals surface area contributed by atoms with Crippen molar-refractivity contribution in [1.29, 1.82) is 0 Å². The van der Waals surface area contributed by atoms with E-state index in [-0.39, 0.29) is 0 Å². The molecule has 0 saturated carbocycles. The molecule has 0 atom stereocenters. The lowest BCUT2D eigenvalue weighted by molar-refractivity contribution is 0.669. The fourth-order valence-electron chi connectivity index (χ4n) is 7.51.